The summed E-state index contributed by atoms with van der Waals surface area (Å²) >= 11 is 0. The van der Waals surface area contributed by atoms with Crippen LogP contribution in [-0.4, -0.2) is 41.0 Å². The van der Waals surface area contributed by atoms with Gasteiger partial charge in [0.15, 0.2) is 0 Å². The van der Waals surface area contributed by atoms with Gasteiger partial charge in [-0.2, -0.15) is 0 Å². The first-order valence-corrected chi connectivity index (χ1v) is 6.86. The molecule has 18 heavy (non-hydrogen) atoms. The molecule has 0 aromatic heterocycles. The van der Waals surface area contributed by atoms with E-state index in [9.17, 15) is 9.59 Å². The second-order valence-corrected chi connectivity index (χ2v) is 5.52. The van der Waals surface area contributed by atoms with Gasteiger partial charge in [0, 0.05) is 19.1 Å². The number of piperidine rings is 1. The van der Waals surface area contributed by atoms with Gasteiger partial charge in [-0.15, -0.1) is 0 Å². The number of carboxylic acids is 1. The van der Waals surface area contributed by atoms with Crippen LogP contribution >= 0.6 is 0 Å². The van der Waals surface area contributed by atoms with E-state index in [4.69, 9.17) is 10.8 Å². The molecule has 0 spiro atoms. The van der Waals surface area contributed by atoms with Gasteiger partial charge in [-0.3, -0.25) is 9.59 Å². The third-order valence-electron chi connectivity index (χ3n) is 4.22. The third kappa shape index (κ3) is 2.83. The predicted molar refractivity (Wildman–Crippen MR) is 66.9 cm³/mol. The lowest BCUT2D eigenvalue weighted by molar-refractivity contribution is -0.147. The van der Waals surface area contributed by atoms with Crippen molar-refractivity contribution in [2.45, 2.75) is 44.6 Å². The van der Waals surface area contributed by atoms with E-state index >= 15 is 0 Å². The molecule has 1 saturated heterocycles. The highest BCUT2D eigenvalue weighted by Crippen LogP contribution is 2.27. The molecule has 2 rings (SSSR count). The molecule has 1 aliphatic carbocycles. The van der Waals surface area contributed by atoms with Gasteiger partial charge in [-0.1, -0.05) is 12.8 Å². The fraction of sp³-hybridized carbons (Fsp3) is 0.846. The molecule has 5 heteroatoms. The number of carboxylic acid groups (broad SMARTS) is 1. The van der Waals surface area contributed by atoms with Gasteiger partial charge < -0.3 is 15.7 Å². The van der Waals surface area contributed by atoms with Crippen LogP contribution in [0.4, 0.5) is 0 Å². The molecular formula is C13H22N2O3. The molecule has 3 atom stereocenters. The van der Waals surface area contributed by atoms with Crippen LogP contribution in [0.5, 0.6) is 0 Å². The van der Waals surface area contributed by atoms with Crippen LogP contribution in [0.2, 0.25) is 0 Å². The van der Waals surface area contributed by atoms with Crippen molar-refractivity contribution >= 4 is 11.9 Å². The number of rotatable bonds is 2. The maximum Gasteiger partial charge on any atom is 0.308 e. The number of nitrogens with two attached hydrogens (primary N) is 1. The largest absolute Gasteiger partial charge is 0.481 e. The Balaban J connectivity index is 1.97. The SMILES string of the molecule is NC1CCCCC1C(=O)N1CCC[C@H](C(=O)O)C1. The highest BCUT2D eigenvalue weighted by atomic mass is 16.4. The quantitative estimate of drug-likeness (QED) is 0.764. The fourth-order valence-corrected chi connectivity index (χ4v) is 3.08. The van der Waals surface area contributed by atoms with Crippen molar-refractivity contribution < 1.29 is 14.7 Å². The van der Waals surface area contributed by atoms with E-state index in [0.717, 1.165) is 32.1 Å². The number of hydrogen-bond donors (Lipinski definition) is 2. The Hall–Kier alpha value is -1.10. The average molecular weight is 254 g/mol. The first-order valence-electron chi connectivity index (χ1n) is 6.86. The van der Waals surface area contributed by atoms with E-state index < -0.39 is 11.9 Å². The Kier molecular flexibility index (Phi) is 4.22. The molecule has 5 nitrogen and oxygen atoms in total. The first-order chi connectivity index (χ1) is 8.59. The summed E-state index contributed by atoms with van der Waals surface area (Å²) in [5.74, 6) is -1.21. The monoisotopic (exact) mass is 254 g/mol. The van der Waals surface area contributed by atoms with Crippen molar-refractivity contribution in [1.82, 2.24) is 4.90 Å². The van der Waals surface area contributed by atoms with Crippen LogP contribution in [0.1, 0.15) is 38.5 Å². The summed E-state index contributed by atoms with van der Waals surface area (Å²) in [6, 6.07) is -0.0449. The molecule has 102 valence electrons. The highest BCUT2D eigenvalue weighted by molar-refractivity contribution is 5.81. The van der Waals surface area contributed by atoms with Gasteiger partial charge in [0.2, 0.25) is 5.91 Å². The molecule has 1 heterocycles. The van der Waals surface area contributed by atoms with Gasteiger partial charge >= 0.3 is 5.97 Å². The van der Waals surface area contributed by atoms with Gasteiger partial charge in [0.05, 0.1) is 11.8 Å². The Labute approximate surface area is 107 Å². The zero-order valence-corrected chi connectivity index (χ0v) is 10.7. The van der Waals surface area contributed by atoms with Crippen LogP contribution in [0.3, 0.4) is 0 Å². The molecule has 2 unspecified atom stereocenters. The molecule has 0 bridgehead atoms. The third-order valence-corrected chi connectivity index (χ3v) is 4.22. The zero-order chi connectivity index (χ0) is 13.1. The molecule has 1 amide bonds. The summed E-state index contributed by atoms with van der Waals surface area (Å²) in [5, 5.41) is 9.04. The van der Waals surface area contributed by atoms with Crippen molar-refractivity contribution in [3.05, 3.63) is 0 Å². The van der Waals surface area contributed by atoms with Gasteiger partial charge in [-0.05, 0) is 25.7 Å². The van der Waals surface area contributed by atoms with Crippen molar-refractivity contribution in [2.75, 3.05) is 13.1 Å². The van der Waals surface area contributed by atoms with Crippen LogP contribution < -0.4 is 5.73 Å². The number of carbonyl (C=O) groups excluding carboxylic acids is 1. The predicted octanol–water partition coefficient (Wildman–Crippen LogP) is 0.827. The topological polar surface area (TPSA) is 83.6 Å². The standard InChI is InChI=1S/C13H22N2O3/c14-11-6-2-1-5-10(11)12(16)15-7-3-4-9(8-15)13(17)18/h9-11H,1-8,14H2,(H,17,18)/t9-,10?,11?/m0/s1. The van der Waals surface area contributed by atoms with Gasteiger partial charge in [-0.25, -0.2) is 0 Å². The molecule has 0 aromatic rings. The maximum absolute atomic E-state index is 12.4. The smallest absolute Gasteiger partial charge is 0.308 e. The minimum Gasteiger partial charge on any atom is -0.481 e. The molecular weight excluding hydrogens is 232 g/mol. The Bertz CT molecular complexity index is 332. The summed E-state index contributed by atoms with van der Waals surface area (Å²) in [7, 11) is 0. The van der Waals surface area contributed by atoms with Crippen molar-refractivity contribution in [3.63, 3.8) is 0 Å². The van der Waals surface area contributed by atoms with Crippen molar-refractivity contribution in [1.29, 1.82) is 0 Å². The van der Waals surface area contributed by atoms with E-state index in [1.54, 1.807) is 4.90 Å². The number of likely N-dealkylation sites (tertiary alicyclic amines) is 1. The van der Waals surface area contributed by atoms with Crippen LogP contribution in [0.15, 0.2) is 0 Å². The average Bonchev–Trinajstić information content (AvgIpc) is 2.38. The lowest BCUT2D eigenvalue weighted by atomic mass is 9.83. The highest BCUT2D eigenvalue weighted by Gasteiger charge is 2.35. The van der Waals surface area contributed by atoms with E-state index in [2.05, 4.69) is 0 Å². The number of hydrogen-bond acceptors (Lipinski definition) is 3. The van der Waals surface area contributed by atoms with Crippen molar-refractivity contribution in [2.24, 2.45) is 17.6 Å². The summed E-state index contributed by atoms with van der Waals surface area (Å²) in [6.45, 7) is 1.04. The van der Waals surface area contributed by atoms with Crippen LogP contribution in [0.25, 0.3) is 0 Å². The summed E-state index contributed by atoms with van der Waals surface area (Å²) in [4.78, 5) is 25.1. The summed E-state index contributed by atoms with van der Waals surface area (Å²) < 4.78 is 0. The van der Waals surface area contributed by atoms with Gasteiger partial charge in [0.25, 0.3) is 0 Å². The molecule has 3 N–H and O–H groups in total. The molecule has 1 saturated carbocycles. The summed E-state index contributed by atoms with van der Waals surface area (Å²) in [6.07, 6.45) is 5.38. The normalized spacial score (nSPS) is 33.2. The molecule has 1 aliphatic heterocycles. The van der Waals surface area contributed by atoms with E-state index in [-0.39, 0.29) is 17.9 Å². The number of aliphatic carboxylic acids is 1. The lowest BCUT2D eigenvalue weighted by Crippen LogP contribution is -2.49. The zero-order valence-electron chi connectivity index (χ0n) is 10.7. The van der Waals surface area contributed by atoms with E-state index in [1.807, 2.05) is 0 Å². The number of amides is 1. The second-order valence-electron chi connectivity index (χ2n) is 5.52. The molecule has 0 radical (unpaired) electrons. The van der Waals surface area contributed by atoms with E-state index in [0.29, 0.717) is 19.5 Å². The maximum atomic E-state index is 12.4. The molecule has 2 fully saturated rings. The minimum absolute atomic E-state index is 0.0449. The Morgan fingerprint density at radius 1 is 1.11 bits per heavy atom. The number of carbonyl (C=O) groups is 2. The fourth-order valence-electron chi connectivity index (χ4n) is 3.08. The Morgan fingerprint density at radius 2 is 1.83 bits per heavy atom. The van der Waals surface area contributed by atoms with Crippen LogP contribution in [-0.2, 0) is 9.59 Å². The van der Waals surface area contributed by atoms with Crippen molar-refractivity contribution in [3.8, 4) is 0 Å². The second kappa shape index (κ2) is 5.69. The number of nitrogens with zero attached hydrogens (tertiary/aromatic N) is 1. The summed E-state index contributed by atoms with van der Waals surface area (Å²) in [5.41, 5.74) is 6.02. The van der Waals surface area contributed by atoms with Gasteiger partial charge in [0.1, 0.15) is 0 Å². The molecule has 2 aliphatic rings. The Morgan fingerprint density at radius 3 is 2.50 bits per heavy atom. The van der Waals surface area contributed by atoms with E-state index in [1.165, 1.54) is 0 Å². The minimum atomic E-state index is -0.791. The van der Waals surface area contributed by atoms with Crippen LogP contribution in [0, 0.1) is 11.8 Å². The lowest BCUT2D eigenvalue weighted by Gasteiger charge is -2.36. The molecule has 0 aromatic carbocycles. The first kappa shape index (κ1) is 13.3.